The minimum absolute atomic E-state index is 0.0146. The molecule has 2 aromatic heterocycles. The molecule has 6 rings (SSSR count). The van der Waals surface area contributed by atoms with Gasteiger partial charge >= 0.3 is 0 Å². The van der Waals surface area contributed by atoms with Crippen LogP contribution < -0.4 is 20.3 Å². The number of piperazine rings is 1. The van der Waals surface area contributed by atoms with E-state index in [0.717, 1.165) is 37.9 Å². The van der Waals surface area contributed by atoms with Gasteiger partial charge in [0, 0.05) is 67.8 Å². The van der Waals surface area contributed by atoms with E-state index in [-0.39, 0.29) is 33.9 Å². The lowest BCUT2D eigenvalue weighted by atomic mass is 10.2. The average molecular weight is 550 g/mol. The van der Waals surface area contributed by atoms with Gasteiger partial charge in [0.25, 0.3) is 5.91 Å². The normalized spacial score (nSPS) is 15.9. The fraction of sp³-hybridized carbons (Fsp3) is 0.321. The molecule has 3 N–H and O–H groups in total. The van der Waals surface area contributed by atoms with Crippen molar-refractivity contribution in [2.75, 3.05) is 62.7 Å². The molecule has 1 amide bonds. The largest absolute Gasteiger partial charge is 0.435 e. The number of H-pyrrole nitrogens is 1. The third-order valence-corrected chi connectivity index (χ3v) is 7.05. The van der Waals surface area contributed by atoms with Crippen LogP contribution in [-0.2, 0) is 4.74 Å². The van der Waals surface area contributed by atoms with E-state index in [0.29, 0.717) is 37.7 Å². The molecule has 0 saturated carbocycles. The van der Waals surface area contributed by atoms with Crippen LogP contribution >= 0.6 is 0 Å². The fourth-order valence-corrected chi connectivity index (χ4v) is 4.99. The van der Waals surface area contributed by atoms with Crippen molar-refractivity contribution in [3.63, 3.8) is 0 Å². The summed E-state index contributed by atoms with van der Waals surface area (Å²) in [5.41, 5.74) is 2.45. The maximum absolute atomic E-state index is 15.4. The number of fused-ring (bicyclic) bond motifs is 1. The highest BCUT2D eigenvalue weighted by Crippen LogP contribution is 2.35. The van der Waals surface area contributed by atoms with E-state index < -0.39 is 17.5 Å². The second-order valence-electron chi connectivity index (χ2n) is 9.73. The van der Waals surface area contributed by atoms with Gasteiger partial charge in [-0.25, -0.2) is 18.7 Å². The molecule has 40 heavy (non-hydrogen) atoms. The lowest BCUT2D eigenvalue weighted by molar-refractivity contribution is 0.0301. The highest BCUT2D eigenvalue weighted by Gasteiger charge is 2.28. The van der Waals surface area contributed by atoms with Crippen molar-refractivity contribution in [2.45, 2.75) is 6.92 Å². The number of carbonyl (C=O) groups is 1. The molecule has 4 heterocycles. The molecule has 2 aliphatic heterocycles. The minimum atomic E-state index is -0.762. The Hall–Kier alpha value is -4.29. The van der Waals surface area contributed by atoms with Gasteiger partial charge in [-0.3, -0.25) is 4.79 Å². The number of halogens is 2. The molecule has 0 spiro atoms. The van der Waals surface area contributed by atoms with Crippen molar-refractivity contribution in [2.24, 2.45) is 0 Å². The van der Waals surface area contributed by atoms with Crippen LogP contribution in [0, 0.1) is 18.6 Å². The quantitative estimate of drug-likeness (QED) is 0.332. The molecular formula is C28H29F2N7O3. The summed E-state index contributed by atoms with van der Waals surface area (Å²) in [6, 6.07) is 10.3. The fourth-order valence-electron chi connectivity index (χ4n) is 4.99. The van der Waals surface area contributed by atoms with Crippen LogP contribution in [0.4, 0.5) is 26.0 Å². The smallest absolute Gasteiger partial charge is 0.263 e. The number of hydrogen-bond donors (Lipinski definition) is 3. The maximum Gasteiger partial charge on any atom is 0.263 e. The van der Waals surface area contributed by atoms with E-state index in [1.165, 1.54) is 12.4 Å². The molecule has 208 valence electrons. The molecule has 12 heteroatoms. The van der Waals surface area contributed by atoms with Gasteiger partial charge < -0.3 is 34.9 Å². The van der Waals surface area contributed by atoms with Gasteiger partial charge in [0.1, 0.15) is 11.9 Å². The molecule has 0 unspecified atom stereocenters. The first-order valence-electron chi connectivity index (χ1n) is 13.2. The molecule has 0 atom stereocenters. The Labute approximate surface area is 229 Å². The number of morpholine rings is 1. The molecule has 0 radical (unpaired) electrons. The Bertz CT molecular complexity index is 1530. The van der Waals surface area contributed by atoms with Crippen molar-refractivity contribution in [3.8, 4) is 11.6 Å². The molecule has 2 aromatic carbocycles. The zero-order valence-corrected chi connectivity index (χ0v) is 22.0. The number of hydrogen-bond acceptors (Lipinski definition) is 8. The summed E-state index contributed by atoms with van der Waals surface area (Å²) < 4.78 is 41.4. The van der Waals surface area contributed by atoms with Gasteiger partial charge in [-0.2, -0.15) is 0 Å². The number of aromatic amines is 1. The molecule has 2 fully saturated rings. The predicted molar refractivity (Wildman–Crippen MR) is 147 cm³/mol. The minimum Gasteiger partial charge on any atom is -0.435 e. The van der Waals surface area contributed by atoms with Crippen LogP contribution in [0.5, 0.6) is 11.6 Å². The Kier molecular flexibility index (Phi) is 7.18. The number of aryl methyl sites for hydroxylation is 1. The first-order valence-corrected chi connectivity index (χ1v) is 13.2. The first-order chi connectivity index (χ1) is 19.5. The van der Waals surface area contributed by atoms with E-state index in [1.54, 1.807) is 11.8 Å². The Balaban J connectivity index is 1.35. The van der Waals surface area contributed by atoms with E-state index in [1.807, 2.05) is 24.3 Å². The summed E-state index contributed by atoms with van der Waals surface area (Å²) in [6.45, 7) is 6.90. The van der Waals surface area contributed by atoms with Crippen molar-refractivity contribution >= 4 is 34.0 Å². The standard InChI is InChI=1S/C28H29F2N7O3/c1-17-14-20-24(30)22(15-21(29)25(20)34-17)40-27-23(28(38)37-10-12-39-13-11-37)26(32-16-33-27)35-18-2-4-19(5-3-18)36-8-6-31-7-9-36/h2-5,14-16,31,34H,6-13H2,1H3,(H,32,33,35). The van der Waals surface area contributed by atoms with E-state index >= 15 is 4.39 Å². The van der Waals surface area contributed by atoms with E-state index in [4.69, 9.17) is 9.47 Å². The van der Waals surface area contributed by atoms with Gasteiger partial charge in [-0.15, -0.1) is 0 Å². The van der Waals surface area contributed by atoms with Crippen molar-refractivity contribution in [3.05, 3.63) is 65.6 Å². The molecule has 10 nitrogen and oxygen atoms in total. The average Bonchev–Trinajstić information content (AvgIpc) is 3.39. The van der Waals surface area contributed by atoms with Gasteiger partial charge in [0.15, 0.2) is 23.2 Å². The number of ether oxygens (including phenoxy) is 2. The number of amides is 1. The zero-order chi connectivity index (χ0) is 27.6. The number of rotatable bonds is 6. The van der Waals surface area contributed by atoms with Crippen molar-refractivity contribution in [1.29, 1.82) is 0 Å². The number of carbonyl (C=O) groups excluding carboxylic acids is 1. The number of aromatic nitrogens is 3. The van der Waals surface area contributed by atoms with Crippen molar-refractivity contribution < 1.29 is 23.0 Å². The van der Waals surface area contributed by atoms with Gasteiger partial charge in [0.2, 0.25) is 5.88 Å². The number of benzene rings is 2. The molecule has 2 aliphatic rings. The Morgan fingerprint density at radius 3 is 2.55 bits per heavy atom. The predicted octanol–water partition coefficient (Wildman–Crippen LogP) is 3.96. The second-order valence-corrected chi connectivity index (χ2v) is 9.73. The number of nitrogens with zero attached hydrogens (tertiary/aromatic N) is 4. The molecule has 0 bridgehead atoms. The van der Waals surface area contributed by atoms with Crippen LogP contribution in [0.25, 0.3) is 10.9 Å². The Morgan fingerprint density at radius 2 is 1.80 bits per heavy atom. The zero-order valence-electron chi connectivity index (χ0n) is 22.0. The van der Waals surface area contributed by atoms with E-state index in [2.05, 4.69) is 30.5 Å². The maximum atomic E-state index is 15.4. The van der Waals surface area contributed by atoms with Crippen LogP contribution in [0.15, 0.2) is 42.7 Å². The van der Waals surface area contributed by atoms with Crippen LogP contribution in [-0.4, -0.2) is 78.2 Å². The van der Waals surface area contributed by atoms with Gasteiger partial charge in [0.05, 0.1) is 18.7 Å². The summed E-state index contributed by atoms with van der Waals surface area (Å²) in [5, 5.41) is 6.58. The monoisotopic (exact) mass is 549 g/mol. The first kappa shape index (κ1) is 26.0. The topological polar surface area (TPSA) is 108 Å². The highest BCUT2D eigenvalue weighted by molar-refractivity contribution is 6.01. The third kappa shape index (κ3) is 5.15. The SMILES string of the molecule is Cc1cc2c(F)c(Oc3ncnc(Nc4ccc(N5CCNCC5)cc4)c3C(=O)N3CCOCC3)cc(F)c2[nH]1. The number of nitrogens with one attached hydrogen (secondary N) is 3. The van der Waals surface area contributed by atoms with Crippen molar-refractivity contribution in [1.82, 2.24) is 25.2 Å². The second kappa shape index (κ2) is 11.1. The van der Waals surface area contributed by atoms with Crippen LogP contribution in [0.3, 0.4) is 0 Å². The molecular weight excluding hydrogens is 520 g/mol. The van der Waals surface area contributed by atoms with Crippen LogP contribution in [0.2, 0.25) is 0 Å². The lowest BCUT2D eigenvalue weighted by Gasteiger charge is -2.29. The summed E-state index contributed by atoms with van der Waals surface area (Å²) in [4.78, 5) is 28.9. The summed E-state index contributed by atoms with van der Waals surface area (Å²) in [6.07, 6.45) is 1.22. The molecule has 2 saturated heterocycles. The van der Waals surface area contributed by atoms with E-state index in [9.17, 15) is 9.18 Å². The van der Waals surface area contributed by atoms with Gasteiger partial charge in [-0.05, 0) is 37.3 Å². The molecule has 0 aliphatic carbocycles. The summed E-state index contributed by atoms with van der Waals surface area (Å²) >= 11 is 0. The molecule has 4 aromatic rings. The third-order valence-electron chi connectivity index (χ3n) is 7.05. The lowest BCUT2D eigenvalue weighted by Crippen LogP contribution is -2.43. The highest BCUT2D eigenvalue weighted by atomic mass is 19.1. The number of anilines is 3. The summed E-state index contributed by atoms with van der Waals surface area (Å²) in [5.74, 6) is -2.23. The summed E-state index contributed by atoms with van der Waals surface area (Å²) in [7, 11) is 0. The van der Waals surface area contributed by atoms with Gasteiger partial charge in [-0.1, -0.05) is 0 Å². The van der Waals surface area contributed by atoms with Crippen LogP contribution in [0.1, 0.15) is 16.1 Å². The Morgan fingerprint density at radius 1 is 1.05 bits per heavy atom.